The van der Waals surface area contributed by atoms with Crippen molar-refractivity contribution in [2.24, 2.45) is 5.92 Å². The number of hydrogen-bond donors (Lipinski definition) is 1. The van der Waals surface area contributed by atoms with Crippen molar-refractivity contribution < 1.29 is 0 Å². The lowest BCUT2D eigenvalue weighted by atomic mass is 9.80. The van der Waals surface area contributed by atoms with Crippen LogP contribution in [0.4, 0.5) is 0 Å². The summed E-state index contributed by atoms with van der Waals surface area (Å²) in [6.45, 7) is 7.62. The zero-order chi connectivity index (χ0) is 13.0. The van der Waals surface area contributed by atoms with Gasteiger partial charge >= 0.3 is 0 Å². The van der Waals surface area contributed by atoms with E-state index in [0.29, 0.717) is 12.1 Å². The van der Waals surface area contributed by atoms with E-state index in [1.807, 2.05) is 0 Å². The molecule has 0 amide bonds. The zero-order valence-corrected chi connectivity index (χ0v) is 12.0. The van der Waals surface area contributed by atoms with Crippen LogP contribution in [0, 0.1) is 12.8 Å². The highest BCUT2D eigenvalue weighted by atomic mass is 15.3. The van der Waals surface area contributed by atoms with Crippen molar-refractivity contribution in [1.82, 2.24) is 15.1 Å². The monoisotopic (exact) mass is 249 g/mol. The van der Waals surface area contributed by atoms with Crippen molar-refractivity contribution in [3.63, 3.8) is 0 Å². The van der Waals surface area contributed by atoms with E-state index in [1.54, 1.807) is 0 Å². The van der Waals surface area contributed by atoms with Gasteiger partial charge in [0.2, 0.25) is 0 Å². The molecule has 1 aromatic heterocycles. The van der Waals surface area contributed by atoms with E-state index in [-0.39, 0.29) is 0 Å². The van der Waals surface area contributed by atoms with Gasteiger partial charge in [0.1, 0.15) is 0 Å². The topological polar surface area (TPSA) is 29.9 Å². The van der Waals surface area contributed by atoms with Crippen LogP contribution in [0.3, 0.4) is 0 Å². The Morgan fingerprint density at radius 3 is 2.83 bits per heavy atom. The van der Waals surface area contributed by atoms with Gasteiger partial charge < -0.3 is 5.32 Å². The molecule has 18 heavy (non-hydrogen) atoms. The second-order valence-corrected chi connectivity index (χ2v) is 5.64. The van der Waals surface area contributed by atoms with E-state index >= 15 is 0 Å². The molecular weight excluding hydrogens is 222 g/mol. The number of rotatable bonds is 5. The van der Waals surface area contributed by atoms with Crippen LogP contribution in [0.15, 0.2) is 12.3 Å². The van der Waals surface area contributed by atoms with Gasteiger partial charge in [-0.25, -0.2) is 0 Å². The molecule has 102 valence electrons. The average molecular weight is 249 g/mol. The number of likely N-dealkylation sites (N-methyl/N-ethyl adjacent to an activating group) is 1. The highest BCUT2D eigenvalue weighted by molar-refractivity contribution is 4.99. The largest absolute Gasteiger partial charge is 0.312 e. The van der Waals surface area contributed by atoms with Crippen molar-refractivity contribution in [2.45, 2.75) is 65.0 Å². The summed E-state index contributed by atoms with van der Waals surface area (Å²) in [4.78, 5) is 0. The van der Waals surface area contributed by atoms with Crippen molar-refractivity contribution in [1.29, 1.82) is 0 Å². The molecule has 3 unspecified atom stereocenters. The van der Waals surface area contributed by atoms with Crippen LogP contribution >= 0.6 is 0 Å². The highest BCUT2D eigenvalue weighted by Gasteiger charge is 2.31. The van der Waals surface area contributed by atoms with Gasteiger partial charge in [0.25, 0.3) is 0 Å². The maximum Gasteiger partial charge on any atom is 0.0674 e. The first-order valence-electron chi connectivity index (χ1n) is 7.49. The normalized spacial score (nSPS) is 28.5. The van der Waals surface area contributed by atoms with Crippen LogP contribution < -0.4 is 5.32 Å². The van der Waals surface area contributed by atoms with Crippen molar-refractivity contribution in [3.05, 3.63) is 18.0 Å². The Morgan fingerprint density at radius 1 is 1.39 bits per heavy atom. The lowest BCUT2D eigenvalue weighted by Gasteiger charge is -2.36. The molecule has 1 fully saturated rings. The predicted octanol–water partition coefficient (Wildman–Crippen LogP) is 3.31. The van der Waals surface area contributed by atoms with Crippen molar-refractivity contribution in [2.75, 3.05) is 6.54 Å². The molecule has 1 aliphatic rings. The maximum absolute atomic E-state index is 4.64. The second-order valence-electron chi connectivity index (χ2n) is 5.64. The molecule has 2 rings (SSSR count). The van der Waals surface area contributed by atoms with Gasteiger partial charge in [-0.3, -0.25) is 4.68 Å². The first-order valence-corrected chi connectivity index (χ1v) is 7.49. The molecule has 0 radical (unpaired) electrons. The first kappa shape index (κ1) is 13.6. The fourth-order valence-electron chi connectivity index (χ4n) is 3.31. The Kier molecular flexibility index (Phi) is 4.81. The Morgan fingerprint density at radius 2 is 2.22 bits per heavy atom. The van der Waals surface area contributed by atoms with Gasteiger partial charge in [0.05, 0.1) is 11.7 Å². The minimum atomic E-state index is 0.545. The van der Waals surface area contributed by atoms with Crippen LogP contribution in [0.1, 0.15) is 57.7 Å². The number of aromatic nitrogens is 2. The van der Waals surface area contributed by atoms with Crippen LogP contribution in [0.5, 0.6) is 0 Å². The number of aryl methyl sites for hydroxylation is 1. The van der Waals surface area contributed by atoms with Crippen molar-refractivity contribution >= 4 is 0 Å². The number of nitrogens with zero attached hydrogens (tertiary/aromatic N) is 2. The minimum absolute atomic E-state index is 0.545. The maximum atomic E-state index is 4.64. The first-order chi connectivity index (χ1) is 8.74. The summed E-state index contributed by atoms with van der Waals surface area (Å²) in [5.74, 6) is 0.888. The van der Waals surface area contributed by atoms with E-state index < -0.39 is 0 Å². The standard InChI is InChI=1S/C15H27N3/c1-4-6-13-7-8-14(16-5-2)15(11-13)18-10-9-12(3)17-18/h9-10,13-16H,4-8,11H2,1-3H3. The van der Waals surface area contributed by atoms with Gasteiger partial charge in [-0.1, -0.05) is 26.7 Å². The smallest absolute Gasteiger partial charge is 0.0674 e. The molecule has 3 heteroatoms. The summed E-state index contributed by atoms with van der Waals surface area (Å²) >= 11 is 0. The average Bonchev–Trinajstić information content (AvgIpc) is 2.78. The fraction of sp³-hybridized carbons (Fsp3) is 0.800. The van der Waals surface area contributed by atoms with Gasteiger partial charge in [0, 0.05) is 12.2 Å². The molecule has 0 bridgehead atoms. The molecule has 1 saturated carbocycles. The summed E-state index contributed by atoms with van der Waals surface area (Å²) in [6.07, 6.45) is 8.78. The van der Waals surface area contributed by atoms with E-state index in [9.17, 15) is 0 Å². The van der Waals surface area contributed by atoms with Gasteiger partial charge in [-0.15, -0.1) is 0 Å². The predicted molar refractivity (Wildman–Crippen MR) is 75.7 cm³/mol. The number of nitrogens with one attached hydrogen (secondary N) is 1. The van der Waals surface area contributed by atoms with Gasteiger partial charge in [-0.05, 0) is 44.7 Å². The molecule has 1 aromatic rings. The molecule has 3 nitrogen and oxygen atoms in total. The third-order valence-corrected chi connectivity index (χ3v) is 4.17. The lowest BCUT2D eigenvalue weighted by molar-refractivity contribution is 0.188. The highest BCUT2D eigenvalue weighted by Crippen LogP contribution is 2.34. The molecule has 1 N–H and O–H groups in total. The molecule has 3 atom stereocenters. The summed E-state index contributed by atoms with van der Waals surface area (Å²) in [5, 5.41) is 8.28. The van der Waals surface area contributed by atoms with E-state index in [2.05, 4.69) is 48.1 Å². The van der Waals surface area contributed by atoms with E-state index in [0.717, 1.165) is 18.2 Å². The quantitative estimate of drug-likeness (QED) is 0.867. The molecule has 1 aliphatic carbocycles. The van der Waals surface area contributed by atoms with Gasteiger partial charge in [0.15, 0.2) is 0 Å². The SMILES string of the molecule is CCCC1CCC(NCC)C(n2ccc(C)n2)C1. The van der Waals surface area contributed by atoms with Crippen LogP contribution in [0.2, 0.25) is 0 Å². The third-order valence-electron chi connectivity index (χ3n) is 4.17. The van der Waals surface area contributed by atoms with Gasteiger partial charge in [-0.2, -0.15) is 5.10 Å². The zero-order valence-electron chi connectivity index (χ0n) is 12.0. The molecule has 0 saturated heterocycles. The fourth-order valence-corrected chi connectivity index (χ4v) is 3.31. The molecule has 0 spiro atoms. The Balaban J connectivity index is 2.09. The molecule has 1 heterocycles. The number of hydrogen-bond acceptors (Lipinski definition) is 2. The lowest BCUT2D eigenvalue weighted by Crippen LogP contribution is -2.42. The van der Waals surface area contributed by atoms with E-state index in [4.69, 9.17) is 0 Å². The summed E-state index contributed by atoms with van der Waals surface area (Å²) in [5.41, 5.74) is 1.13. The second kappa shape index (κ2) is 6.37. The minimum Gasteiger partial charge on any atom is -0.312 e. The van der Waals surface area contributed by atoms with E-state index in [1.165, 1.54) is 32.1 Å². The van der Waals surface area contributed by atoms with Crippen LogP contribution in [-0.4, -0.2) is 22.4 Å². The molecule has 0 aliphatic heterocycles. The summed E-state index contributed by atoms with van der Waals surface area (Å²) in [6, 6.07) is 3.26. The summed E-state index contributed by atoms with van der Waals surface area (Å²) in [7, 11) is 0. The Labute approximate surface area is 111 Å². The summed E-state index contributed by atoms with van der Waals surface area (Å²) < 4.78 is 2.20. The van der Waals surface area contributed by atoms with Crippen LogP contribution in [0.25, 0.3) is 0 Å². The third kappa shape index (κ3) is 3.14. The Bertz CT molecular complexity index is 358. The van der Waals surface area contributed by atoms with Crippen molar-refractivity contribution in [3.8, 4) is 0 Å². The van der Waals surface area contributed by atoms with Crippen LogP contribution in [-0.2, 0) is 0 Å². The Hall–Kier alpha value is -0.830. The molecular formula is C15H27N3. The molecule has 0 aromatic carbocycles.